The second-order valence-corrected chi connectivity index (χ2v) is 14.8. The van der Waals surface area contributed by atoms with Gasteiger partial charge in [0.25, 0.3) is 0 Å². The maximum absolute atomic E-state index is 6.90. The Morgan fingerprint density at radius 3 is 2.00 bits per heavy atom. The summed E-state index contributed by atoms with van der Waals surface area (Å²) in [6, 6.07) is 53.5. The summed E-state index contributed by atoms with van der Waals surface area (Å²) >= 11 is 3.53. The normalized spacial score (nSPS) is 13.1. The van der Waals surface area contributed by atoms with Crippen molar-refractivity contribution in [2.24, 2.45) is 0 Å². The summed E-state index contributed by atoms with van der Waals surface area (Å²) in [5.41, 5.74) is 10.7. The van der Waals surface area contributed by atoms with E-state index in [0.29, 0.717) is 0 Å². The smallest absolute Gasteiger partial charge is 0.128 e. The number of thiazole rings is 1. The molecule has 8 aromatic rings. The molecule has 0 unspecified atom stereocenters. The number of aryl methyl sites for hydroxylation is 2. The minimum atomic E-state index is -0.634. The van der Waals surface area contributed by atoms with Gasteiger partial charge in [-0.05, 0) is 120 Å². The van der Waals surface area contributed by atoms with E-state index in [9.17, 15) is 0 Å². The molecule has 0 radical (unpaired) electrons. The molecule has 6 aromatic carbocycles. The van der Waals surface area contributed by atoms with Gasteiger partial charge in [0.1, 0.15) is 16.5 Å². The summed E-state index contributed by atoms with van der Waals surface area (Å²) < 4.78 is 8.06. The Balaban J connectivity index is 1.22. The average Bonchev–Trinajstić information content (AvgIpc) is 3.59. The van der Waals surface area contributed by atoms with Crippen LogP contribution in [0.25, 0.3) is 31.9 Å². The molecule has 5 heteroatoms. The molecule has 0 N–H and O–H groups in total. The molecule has 3 nitrogen and oxygen atoms in total. The summed E-state index contributed by atoms with van der Waals surface area (Å²) in [5, 5.41) is 0.972. The van der Waals surface area contributed by atoms with E-state index in [1.807, 2.05) is 36.2 Å². The highest BCUT2D eigenvalue weighted by molar-refractivity contribution is 7.99. The van der Waals surface area contributed by atoms with E-state index in [1.54, 1.807) is 11.3 Å². The largest absolute Gasteiger partial charge is 0.457 e. The number of benzene rings is 6. The van der Waals surface area contributed by atoms with Gasteiger partial charge in [-0.25, -0.2) is 4.98 Å². The lowest BCUT2D eigenvalue weighted by Crippen LogP contribution is -2.34. The van der Waals surface area contributed by atoms with Gasteiger partial charge in [0, 0.05) is 21.6 Å². The Bertz CT molecular complexity index is 2440. The predicted octanol–water partition coefficient (Wildman–Crippen LogP) is 12.3. The summed E-state index contributed by atoms with van der Waals surface area (Å²) in [7, 11) is 0. The van der Waals surface area contributed by atoms with E-state index >= 15 is 0 Å². The van der Waals surface area contributed by atoms with Crippen LogP contribution in [0.2, 0.25) is 0 Å². The van der Waals surface area contributed by atoms with Crippen molar-refractivity contribution in [1.82, 2.24) is 9.97 Å². The second-order valence-electron chi connectivity index (χ2n) is 12.7. The molecule has 1 aliphatic rings. The van der Waals surface area contributed by atoms with Gasteiger partial charge in [0.05, 0.1) is 21.3 Å². The highest BCUT2D eigenvalue weighted by Gasteiger charge is 2.45. The van der Waals surface area contributed by atoms with Crippen LogP contribution in [-0.2, 0) is 5.41 Å². The molecule has 0 atom stereocenters. The number of nitrogens with zero attached hydrogens (tertiary/aromatic N) is 2. The van der Waals surface area contributed by atoms with Gasteiger partial charge in [0.15, 0.2) is 0 Å². The maximum atomic E-state index is 6.90. The molecule has 0 bridgehead atoms. The molecule has 0 aliphatic carbocycles. The first-order valence-electron chi connectivity index (χ1n) is 16.7. The van der Waals surface area contributed by atoms with E-state index in [2.05, 4.69) is 147 Å². The van der Waals surface area contributed by atoms with Crippen molar-refractivity contribution in [3.8, 4) is 33.2 Å². The van der Waals surface area contributed by atoms with Crippen LogP contribution < -0.4 is 4.74 Å². The van der Waals surface area contributed by atoms with Crippen LogP contribution >= 0.6 is 23.1 Å². The van der Waals surface area contributed by atoms with E-state index in [4.69, 9.17) is 14.7 Å². The molecule has 240 valence electrons. The van der Waals surface area contributed by atoms with E-state index in [1.165, 1.54) is 42.3 Å². The number of hydrogen-bond acceptors (Lipinski definition) is 5. The third-order valence-electron chi connectivity index (χ3n) is 9.57. The number of fused-ring (bicyclic) bond motifs is 3. The second kappa shape index (κ2) is 12.4. The fourth-order valence-corrected chi connectivity index (χ4v) is 9.58. The lowest BCUT2D eigenvalue weighted by molar-refractivity contribution is 0.481. The Labute approximate surface area is 300 Å². The Hall–Kier alpha value is -5.49. The van der Waals surface area contributed by atoms with Gasteiger partial charge in [0.2, 0.25) is 0 Å². The van der Waals surface area contributed by atoms with Crippen LogP contribution in [0.1, 0.15) is 33.5 Å². The summed E-state index contributed by atoms with van der Waals surface area (Å²) in [6.07, 6.45) is 1.90. The molecular formula is C45H32N2OS2. The van der Waals surface area contributed by atoms with Crippen molar-refractivity contribution in [3.63, 3.8) is 0 Å². The van der Waals surface area contributed by atoms with Crippen LogP contribution in [0.4, 0.5) is 0 Å². The zero-order valence-corrected chi connectivity index (χ0v) is 29.3. The Kier molecular flexibility index (Phi) is 7.60. The van der Waals surface area contributed by atoms with Crippen LogP contribution in [0.5, 0.6) is 11.5 Å². The molecule has 9 rings (SSSR count). The van der Waals surface area contributed by atoms with Gasteiger partial charge in [-0.15, -0.1) is 11.3 Å². The quantitative estimate of drug-likeness (QED) is 0.175. The molecular weight excluding hydrogens is 649 g/mol. The number of ether oxygens (including phenoxy) is 1. The molecule has 1 aliphatic heterocycles. The minimum absolute atomic E-state index is 0.634. The van der Waals surface area contributed by atoms with Crippen molar-refractivity contribution in [1.29, 1.82) is 0 Å². The summed E-state index contributed by atoms with van der Waals surface area (Å²) in [6.45, 7) is 4.35. The van der Waals surface area contributed by atoms with Gasteiger partial charge >= 0.3 is 0 Å². The molecule has 0 saturated carbocycles. The fraction of sp³-hybridized carbons (Fsp3) is 0.0667. The van der Waals surface area contributed by atoms with Crippen molar-refractivity contribution in [2.75, 3.05) is 0 Å². The minimum Gasteiger partial charge on any atom is -0.457 e. The van der Waals surface area contributed by atoms with Crippen molar-refractivity contribution < 1.29 is 4.74 Å². The molecule has 3 heterocycles. The van der Waals surface area contributed by atoms with Crippen molar-refractivity contribution in [2.45, 2.75) is 29.1 Å². The fourth-order valence-electron chi connectivity index (χ4n) is 7.43. The first kappa shape index (κ1) is 30.6. The number of pyridine rings is 1. The third kappa shape index (κ3) is 5.13. The van der Waals surface area contributed by atoms with Crippen LogP contribution in [0.3, 0.4) is 0 Å². The van der Waals surface area contributed by atoms with Gasteiger partial charge < -0.3 is 4.74 Å². The highest BCUT2D eigenvalue weighted by atomic mass is 32.2. The zero-order valence-electron chi connectivity index (χ0n) is 27.6. The van der Waals surface area contributed by atoms with Crippen LogP contribution in [0.15, 0.2) is 168 Å². The van der Waals surface area contributed by atoms with E-state index in [0.717, 1.165) is 44.4 Å². The first-order chi connectivity index (χ1) is 24.6. The zero-order chi connectivity index (χ0) is 33.7. The number of aromatic nitrogens is 2. The van der Waals surface area contributed by atoms with Crippen LogP contribution in [0, 0.1) is 13.8 Å². The van der Waals surface area contributed by atoms with E-state index < -0.39 is 5.41 Å². The summed E-state index contributed by atoms with van der Waals surface area (Å²) in [5.74, 6) is 1.53. The Morgan fingerprint density at radius 2 is 1.26 bits per heavy atom. The highest BCUT2D eigenvalue weighted by Crippen LogP contribution is 2.55. The first-order valence-corrected chi connectivity index (χ1v) is 18.4. The van der Waals surface area contributed by atoms with Gasteiger partial charge in [-0.2, -0.15) is 0 Å². The Morgan fingerprint density at radius 1 is 0.580 bits per heavy atom. The molecule has 0 spiro atoms. The van der Waals surface area contributed by atoms with E-state index in [-0.39, 0.29) is 0 Å². The molecule has 0 amide bonds. The number of para-hydroxylation sites is 1. The lowest BCUT2D eigenvalue weighted by Gasteiger charge is -2.40. The number of hydrogen-bond donors (Lipinski definition) is 0. The predicted molar refractivity (Wildman–Crippen MR) is 207 cm³/mol. The van der Waals surface area contributed by atoms with Crippen molar-refractivity contribution in [3.05, 3.63) is 191 Å². The molecule has 0 fully saturated rings. The van der Waals surface area contributed by atoms with Crippen molar-refractivity contribution >= 4 is 33.3 Å². The standard InChI is InChI=1S/C45H32N2OS2/c1-29-13-11-14-30(2)43(29)31-25-32(44-47-38-19-5-8-22-41(38)50-44)27-35(26-31)48-34-16-12-15-33(28-34)45(42-23-9-10-24-46-42)36-17-3-6-20-39(36)49-40-21-7-4-18-37(40)45/h3-28H,1-2H3. The monoisotopic (exact) mass is 680 g/mol. The van der Waals surface area contributed by atoms with Gasteiger partial charge in [-0.3, -0.25) is 4.98 Å². The van der Waals surface area contributed by atoms with Gasteiger partial charge in [-0.1, -0.05) is 96.7 Å². The summed E-state index contributed by atoms with van der Waals surface area (Å²) in [4.78, 5) is 12.5. The average molecular weight is 681 g/mol. The number of rotatable bonds is 6. The SMILES string of the molecule is Cc1cccc(C)c1-c1cc(Oc2cccc(C3(c4ccccn4)c4ccccc4Sc4ccccc43)c2)cc(-c2nc3ccccc3s2)c1. The molecule has 2 aromatic heterocycles. The maximum Gasteiger partial charge on any atom is 0.128 e. The van der Waals surface area contributed by atoms with Crippen LogP contribution in [-0.4, -0.2) is 9.97 Å². The molecule has 0 saturated heterocycles. The molecule has 50 heavy (non-hydrogen) atoms. The lowest BCUT2D eigenvalue weighted by atomic mass is 9.66. The topological polar surface area (TPSA) is 35.0 Å². The third-order valence-corrected chi connectivity index (χ3v) is 11.8.